The summed E-state index contributed by atoms with van der Waals surface area (Å²) in [7, 11) is 0. The average Bonchev–Trinajstić information content (AvgIpc) is 2.47. The van der Waals surface area contributed by atoms with Gasteiger partial charge in [0.2, 0.25) is 0 Å². The number of ether oxygens (including phenoxy) is 1. The van der Waals surface area contributed by atoms with Gasteiger partial charge in [-0.05, 0) is 43.7 Å². The molecule has 0 N–H and O–H groups in total. The van der Waals surface area contributed by atoms with E-state index in [1.807, 2.05) is 25.4 Å². The molecule has 1 aromatic heterocycles. The van der Waals surface area contributed by atoms with Gasteiger partial charge in [0.15, 0.2) is 0 Å². The molecule has 0 amide bonds. The molecule has 0 aliphatic carbocycles. The lowest BCUT2D eigenvalue weighted by Gasteiger charge is -2.12. The van der Waals surface area contributed by atoms with Gasteiger partial charge in [0.1, 0.15) is 0 Å². The van der Waals surface area contributed by atoms with E-state index in [0.717, 1.165) is 17.7 Å². The van der Waals surface area contributed by atoms with E-state index in [1.54, 1.807) is 0 Å². The summed E-state index contributed by atoms with van der Waals surface area (Å²) in [5.74, 6) is 0.821. The molecule has 5 heteroatoms. The number of rotatable bonds is 8. The summed E-state index contributed by atoms with van der Waals surface area (Å²) in [6.07, 6.45) is 6.56. The highest BCUT2D eigenvalue weighted by Gasteiger charge is 2.07. The molecule has 120 valence electrons. The van der Waals surface area contributed by atoms with Crippen molar-refractivity contribution in [3.63, 3.8) is 0 Å². The standard InChI is InChI=1S/C17H26N4O/c1-12(2)16-10-19-17(20-11-16)22-8-7-13(3)14(4)9-15(5)21-18-6/h9-13H,6-8H2,1-5H3/b14-9+,21-15-. The Bertz CT molecular complexity index is 532. The zero-order chi connectivity index (χ0) is 16.5. The van der Waals surface area contributed by atoms with Crippen LogP contribution in [0.25, 0.3) is 0 Å². The van der Waals surface area contributed by atoms with E-state index in [9.17, 15) is 0 Å². The predicted octanol–water partition coefficient (Wildman–Crippen LogP) is 4.03. The first-order valence-electron chi connectivity index (χ1n) is 7.57. The molecule has 0 saturated carbocycles. The van der Waals surface area contributed by atoms with Gasteiger partial charge in [-0.1, -0.05) is 26.3 Å². The summed E-state index contributed by atoms with van der Waals surface area (Å²) >= 11 is 0. The van der Waals surface area contributed by atoms with Crippen LogP contribution in [0.3, 0.4) is 0 Å². The predicted molar refractivity (Wildman–Crippen MR) is 91.8 cm³/mol. The highest BCUT2D eigenvalue weighted by atomic mass is 16.5. The normalized spacial score (nSPS) is 14.1. The largest absolute Gasteiger partial charge is 0.463 e. The van der Waals surface area contributed by atoms with Crippen LogP contribution in [-0.4, -0.2) is 29.0 Å². The number of hydrogen-bond donors (Lipinski definition) is 0. The molecule has 0 radical (unpaired) electrons. The van der Waals surface area contributed by atoms with Gasteiger partial charge in [-0.2, -0.15) is 10.2 Å². The molecule has 22 heavy (non-hydrogen) atoms. The molecule has 0 fully saturated rings. The first-order valence-corrected chi connectivity index (χ1v) is 7.57. The molecular formula is C17H26N4O. The van der Waals surface area contributed by atoms with Crippen LogP contribution >= 0.6 is 0 Å². The van der Waals surface area contributed by atoms with Gasteiger partial charge in [0.05, 0.1) is 12.3 Å². The summed E-state index contributed by atoms with van der Waals surface area (Å²) < 4.78 is 5.61. The molecule has 5 nitrogen and oxygen atoms in total. The molecule has 1 atom stereocenters. The maximum absolute atomic E-state index is 5.61. The SMILES string of the molecule is C=N/N=C(C)\C=C(/C)C(C)CCOc1ncc(C(C)C)cn1. The lowest BCUT2D eigenvalue weighted by Crippen LogP contribution is -2.08. The Kier molecular flexibility index (Phi) is 7.43. The number of aromatic nitrogens is 2. The van der Waals surface area contributed by atoms with E-state index in [0.29, 0.717) is 24.5 Å². The first-order chi connectivity index (χ1) is 10.4. The van der Waals surface area contributed by atoms with Crippen LogP contribution in [0.2, 0.25) is 0 Å². The van der Waals surface area contributed by atoms with E-state index in [1.165, 1.54) is 5.57 Å². The number of allylic oxidation sites excluding steroid dienone is 2. The molecule has 1 unspecified atom stereocenters. The van der Waals surface area contributed by atoms with Gasteiger partial charge < -0.3 is 4.74 Å². The van der Waals surface area contributed by atoms with Crippen molar-refractivity contribution in [3.05, 3.63) is 29.6 Å². The van der Waals surface area contributed by atoms with Gasteiger partial charge in [0.25, 0.3) is 0 Å². The Morgan fingerprint density at radius 3 is 2.45 bits per heavy atom. The molecule has 1 aromatic rings. The van der Waals surface area contributed by atoms with Crippen molar-refractivity contribution in [1.82, 2.24) is 9.97 Å². The second kappa shape index (κ2) is 9.07. The average molecular weight is 302 g/mol. The fourth-order valence-corrected chi connectivity index (χ4v) is 1.87. The third kappa shape index (κ3) is 6.16. The first kappa shape index (κ1) is 18.0. The summed E-state index contributed by atoms with van der Waals surface area (Å²) in [5, 5.41) is 7.42. The van der Waals surface area contributed by atoms with Gasteiger partial charge >= 0.3 is 6.01 Å². The van der Waals surface area contributed by atoms with Crippen molar-refractivity contribution in [2.75, 3.05) is 6.61 Å². The summed E-state index contributed by atoms with van der Waals surface area (Å²) in [5.41, 5.74) is 3.21. The molecular weight excluding hydrogens is 276 g/mol. The Balaban J connectivity index is 2.46. The zero-order valence-electron chi connectivity index (χ0n) is 14.2. The van der Waals surface area contributed by atoms with Crippen LogP contribution in [0.1, 0.15) is 52.5 Å². The van der Waals surface area contributed by atoms with Gasteiger partial charge in [-0.25, -0.2) is 9.97 Å². The monoisotopic (exact) mass is 302 g/mol. The van der Waals surface area contributed by atoms with Crippen LogP contribution in [0.15, 0.2) is 34.2 Å². The van der Waals surface area contributed by atoms with Crippen LogP contribution in [0, 0.1) is 5.92 Å². The summed E-state index contributed by atoms with van der Waals surface area (Å²) in [4.78, 5) is 8.46. The van der Waals surface area contributed by atoms with Crippen molar-refractivity contribution in [3.8, 4) is 6.01 Å². The minimum atomic E-state index is 0.393. The van der Waals surface area contributed by atoms with Crippen LogP contribution in [0.5, 0.6) is 6.01 Å². The van der Waals surface area contributed by atoms with Crippen LogP contribution < -0.4 is 4.74 Å². The van der Waals surface area contributed by atoms with Crippen LogP contribution in [-0.2, 0) is 0 Å². The maximum atomic E-state index is 5.61. The van der Waals surface area contributed by atoms with Crippen molar-refractivity contribution in [1.29, 1.82) is 0 Å². The third-order valence-corrected chi connectivity index (χ3v) is 3.54. The quantitative estimate of drug-likeness (QED) is 0.538. The second-order valence-electron chi connectivity index (χ2n) is 5.76. The van der Waals surface area contributed by atoms with Gasteiger partial charge in [0, 0.05) is 19.1 Å². The Morgan fingerprint density at radius 1 is 1.27 bits per heavy atom. The second-order valence-corrected chi connectivity index (χ2v) is 5.76. The topological polar surface area (TPSA) is 59.7 Å². The Labute approximate surface area is 133 Å². The fourth-order valence-electron chi connectivity index (χ4n) is 1.87. The molecule has 0 aliphatic rings. The van der Waals surface area contributed by atoms with E-state index in [4.69, 9.17) is 4.74 Å². The van der Waals surface area contributed by atoms with E-state index >= 15 is 0 Å². The van der Waals surface area contributed by atoms with Crippen molar-refractivity contribution in [2.24, 2.45) is 16.1 Å². The molecule has 0 bridgehead atoms. The highest BCUT2D eigenvalue weighted by Crippen LogP contribution is 2.16. The zero-order valence-corrected chi connectivity index (χ0v) is 14.2. The van der Waals surface area contributed by atoms with Crippen molar-refractivity contribution < 1.29 is 4.74 Å². The minimum Gasteiger partial charge on any atom is -0.463 e. The Morgan fingerprint density at radius 2 is 1.91 bits per heavy atom. The lowest BCUT2D eigenvalue weighted by atomic mass is 9.98. The number of nitrogens with zero attached hydrogens (tertiary/aromatic N) is 4. The van der Waals surface area contributed by atoms with Crippen molar-refractivity contribution >= 4 is 12.4 Å². The van der Waals surface area contributed by atoms with Gasteiger partial charge in [-0.3, -0.25) is 0 Å². The molecule has 1 heterocycles. The molecule has 0 spiro atoms. The van der Waals surface area contributed by atoms with E-state index in [2.05, 4.69) is 54.6 Å². The van der Waals surface area contributed by atoms with Crippen LogP contribution in [0.4, 0.5) is 0 Å². The molecule has 0 aliphatic heterocycles. The maximum Gasteiger partial charge on any atom is 0.316 e. The molecule has 0 saturated heterocycles. The number of hydrogen-bond acceptors (Lipinski definition) is 5. The Hall–Kier alpha value is -2.04. The molecule has 1 rings (SSSR count). The third-order valence-electron chi connectivity index (χ3n) is 3.54. The highest BCUT2D eigenvalue weighted by molar-refractivity contribution is 5.93. The smallest absolute Gasteiger partial charge is 0.316 e. The van der Waals surface area contributed by atoms with Crippen molar-refractivity contribution in [2.45, 2.75) is 47.0 Å². The molecule has 0 aromatic carbocycles. The minimum absolute atomic E-state index is 0.393. The van der Waals surface area contributed by atoms with Gasteiger partial charge in [-0.15, -0.1) is 0 Å². The fraction of sp³-hybridized carbons (Fsp3) is 0.529. The van der Waals surface area contributed by atoms with E-state index in [-0.39, 0.29) is 0 Å². The van der Waals surface area contributed by atoms with E-state index < -0.39 is 0 Å². The summed E-state index contributed by atoms with van der Waals surface area (Å²) in [6, 6.07) is 0.437. The lowest BCUT2D eigenvalue weighted by molar-refractivity contribution is 0.271. The summed E-state index contributed by atoms with van der Waals surface area (Å²) in [6.45, 7) is 14.3.